The second-order valence-electron chi connectivity index (χ2n) is 6.24. The summed E-state index contributed by atoms with van der Waals surface area (Å²) in [6.45, 7) is 3.78. The molecule has 1 heterocycles. The quantitative estimate of drug-likeness (QED) is 0.752. The molecule has 0 saturated heterocycles. The fraction of sp³-hybridized carbons (Fsp3) is 0.300. The molecule has 0 bridgehead atoms. The lowest BCUT2D eigenvalue weighted by Crippen LogP contribution is -2.29. The first-order valence-corrected chi connectivity index (χ1v) is 8.51. The van der Waals surface area contributed by atoms with Crippen LogP contribution in [-0.4, -0.2) is 31.9 Å². The van der Waals surface area contributed by atoms with Crippen LogP contribution < -0.4 is 19.5 Å². The lowest BCUT2D eigenvalue weighted by molar-refractivity contribution is -0.150. The second kappa shape index (κ2) is 8.44. The summed E-state index contributed by atoms with van der Waals surface area (Å²) in [4.78, 5) is 23.6. The Morgan fingerprint density at radius 1 is 1.00 bits per heavy atom. The summed E-state index contributed by atoms with van der Waals surface area (Å²) in [5, 5.41) is 2.68. The van der Waals surface area contributed by atoms with Gasteiger partial charge in [-0.3, -0.25) is 4.79 Å². The van der Waals surface area contributed by atoms with Crippen LogP contribution in [0.15, 0.2) is 36.4 Å². The Kier molecular flexibility index (Phi) is 5.80. The molecule has 0 unspecified atom stereocenters. The Hall–Kier alpha value is -3.22. The Morgan fingerprint density at radius 3 is 2.52 bits per heavy atom. The average Bonchev–Trinajstić information content (AvgIpc) is 3.10. The Bertz CT molecular complexity index is 828. The van der Waals surface area contributed by atoms with Crippen LogP contribution in [0, 0.1) is 13.8 Å². The molecular weight excluding hydrogens is 350 g/mol. The van der Waals surface area contributed by atoms with E-state index in [4.69, 9.17) is 18.9 Å². The molecule has 1 amide bonds. The number of fused-ring (bicyclic) bond motifs is 1. The van der Waals surface area contributed by atoms with Gasteiger partial charge in [0.2, 0.25) is 6.79 Å². The molecule has 1 aliphatic rings. The number of carbonyl (C=O) groups is 2. The summed E-state index contributed by atoms with van der Waals surface area (Å²) in [5.41, 5.74) is 2.94. The minimum atomic E-state index is -0.604. The second-order valence-corrected chi connectivity index (χ2v) is 6.24. The van der Waals surface area contributed by atoms with Crippen molar-refractivity contribution in [1.29, 1.82) is 0 Å². The molecule has 2 aromatic rings. The summed E-state index contributed by atoms with van der Waals surface area (Å²) in [5.74, 6) is 0.927. The maximum absolute atomic E-state index is 11.8. The molecule has 2 aromatic carbocycles. The fourth-order valence-electron chi connectivity index (χ4n) is 2.65. The Morgan fingerprint density at radius 2 is 1.74 bits per heavy atom. The van der Waals surface area contributed by atoms with Crippen LogP contribution in [0.25, 0.3) is 0 Å². The van der Waals surface area contributed by atoms with Crippen LogP contribution in [0.5, 0.6) is 17.2 Å². The highest BCUT2D eigenvalue weighted by molar-refractivity contribution is 5.80. The predicted molar refractivity (Wildman–Crippen MR) is 96.8 cm³/mol. The molecule has 7 nitrogen and oxygen atoms in total. The van der Waals surface area contributed by atoms with Gasteiger partial charge in [-0.1, -0.05) is 12.1 Å². The molecule has 27 heavy (non-hydrogen) atoms. The molecule has 0 spiro atoms. The number of rotatable bonds is 7. The van der Waals surface area contributed by atoms with E-state index in [1.54, 1.807) is 12.1 Å². The third-order valence-electron chi connectivity index (χ3n) is 3.84. The standard InChI is InChI=1S/C20H21NO6/c1-13-5-14(2)7-16(6-13)24-11-20(23)25-10-19(22)21-9-15-3-4-17-18(8-15)27-12-26-17/h3-8H,9-12H2,1-2H3,(H,21,22). The first-order valence-electron chi connectivity index (χ1n) is 8.51. The smallest absolute Gasteiger partial charge is 0.344 e. The number of hydrogen-bond donors (Lipinski definition) is 1. The van der Waals surface area contributed by atoms with Crippen LogP contribution in [0.3, 0.4) is 0 Å². The number of esters is 1. The van der Waals surface area contributed by atoms with Crippen LogP contribution in [0.4, 0.5) is 0 Å². The highest BCUT2D eigenvalue weighted by Crippen LogP contribution is 2.32. The van der Waals surface area contributed by atoms with E-state index in [9.17, 15) is 9.59 Å². The van der Waals surface area contributed by atoms with Gasteiger partial charge >= 0.3 is 5.97 Å². The molecule has 0 radical (unpaired) electrons. The number of aryl methyl sites for hydroxylation is 2. The van der Waals surface area contributed by atoms with Crippen LogP contribution in [-0.2, 0) is 20.9 Å². The molecule has 0 aliphatic carbocycles. The average molecular weight is 371 g/mol. The van der Waals surface area contributed by atoms with Gasteiger partial charge in [-0.2, -0.15) is 0 Å². The Labute approximate surface area is 157 Å². The largest absolute Gasteiger partial charge is 0.482 e. The van der Waals surface area contributed by atoms with Crippen molar-refractivity contribution in [2.24, 2.45) is 0 Å². The minimum absolute atomic E-state index is 0.200. The molecule has 142 valence electrons. The van der Waals surface area contributed by atoms with E-state index in [1.807, 2.05) is 38.1 Å². The number of amides is 1. The maximum Gasteiger partial charge on any atom is 0.344 e. The molecule has 3 rings (SSSR count). The van der Waals surface area contributed by atoms with Crippen molar-refractivity contribution in [1.82, 2.24) is 5.32 Å². The zero-order valence-electron chi connectivity index (χ0n) is 15.2. The molecule has 1 N–H and O–H groups in total. The summed E-state index contributed by atoms with van der Waals surface area (Å²) in [6.07, 6.45) is 0. The van der Waals surface area contributed by atoms with Gasteiger partial charge in [0.1, 0.15) is 5.75 Å². The van der Waals surface area contributed by atoms with Crippen molar-refractivity contribution in [2.45, 2.75) is 20.4 Å². The number of nitrogens with one attached hydrogen (secondary N) is 1. The van der Waals surface area contributed by atoms with Crippen LogP contribution in [0.2, 0.25) is 0 Å². The molecular formula is C20H21NO6. The fourth-order valence-corrected chi connectivity index (χ4v) is 2.65. The van der Waals surface area contributed by atoms with Crippen molar-refractivity contribution < 1.29 is 28.5 Å². The lowest BCUT2D eigenvalue weighted by Gasteiger charge is -2.09. The first-order chi connectivity index (χ1) is 13.0. The zero-order chi connectivity index (χ0) is 19.2. The van der Waals surface area contributed by atoms with Crippen molar-refractivity contribution in [3.05, 3.63) is 53.1 Å². The molecule has 0 aromatic heterocycles. The number of carbonyl (C=O) groups excluding carboxylic acids is 2. The number of benzene rings is 2. The Balaban J connectivity index is 1.37. The van der Waals surface area contributed by atoms with E-state index in [0.29, 0.717) is 23.8 Å². The van der Waals surface area contributed by atoms with E-state index < -0.39 is 11.9 Å². The van der Waals surface area contributed by atoms with E-state index >= 15 is 0 Å². The monoisotopic (exact) mass is 371 g/mol. The van der Waals surface area contributed by atoms with Crippen LogP contribution in [0.1, 0.15) is 16.7 Å². The molecule has 0 saturated carbocycles. The molecule has 7 heteroatoms. The van der Waals surface area contributed by atoms with E-state index in [2.05, 4.69) is 5.32 Å². The zero-order valence-corrected chi connectivity index (χ0v) is 15.2. The summed E-state index contributed by atoms with van der Waals surface area (Å²) >= 11 is 0. The molecule has 0 atom stereocenters. The van der Waals surface area contributed by atoms with Crippen molar-refractivity contribution in [3.8, 4) is 17.2 Å². The normalized spacial score (nSPS) is 11.8. The maximum atomic E-state index is 11.8. The number of hydrogen-bond acceptors (Lipinski definition) is 6. The van der Waals surface area contributed by atoms with Crippen LogP contribution >= 0.6 is 0 Å². The van der Waals surface area contributed by atoms with Gasteiger partial charge in [0, 0.05) is 6.54 Å². The van der Waals surface area contributed by atoms with Gasteiger partial charge in [-0.05, 0) is 54.8 Å². The first kappa shape index (κ1) is 18.6. The highest BCUT2D eigenvalue weighted by atomic mass is 16.7. The third-order valence-corrected chi connectivity index (χ3v) is 3.84. The van der Waals surface area contributed by atoms with Gasteiger partial charge in [-0.25, -0.2) is 4.79 Å². The molecule has 1 aliphatic heterocycles. The lowest BCUT2D eigenvalue weighted by atomic mass is 10.1. The van der Waals surface area contributed by atoms with E-state index in [1.165, 1.54) is 0 Å². The van der Waals surface area contributed by atoms with E-state index in [0.717, 1.165) is 16.7 Å². The predicted octanol–water partition coefficient (Wildman–Crippen LogP) is 2.27. The van der Waals surface area contributed by atoms with Crippen molar-refractivity contribution in [2.75, 3.05) is 20.0 Å². The van der Waals surface area contributed by atoms with Gasteiger partial charge in [-0.15, -0.1) is 0 Å². The highest BCUT2D eigenvalue weighted by Gasteiger charge is 2.14. The SMILES string of the molecule is Cc1cc(C)cc(OCC(=O)OCC(=O)NCc2ccc3c(c2)OCO3)c1. The van der Waals surface area contributed by atoms with E-state index in [-0.39, 0.29) is 20.0 Å². The summed E-state index contributed by atoms with van der Waals surface area (Å²) in [6, 6.07) is 11.1. The topological polar surface area (TPSA) is 83.1 Å². The minimum Gasteiger partial charge on any atom is -0.482 e. The molecule has 0 fully saturated rings. The summed E-state index contributed by atoms with van der Waals surface area (Å²) in [7, 11) is 0. The van der Waals surface area contributed by atoms with Crippen molar-refractivity contribution in [3.63, 3.8) is 0 Å². The van der Waals surface area contributed by atoms with Crippen molar-refractivity contribution >= 4 is 11.9 Å². The van der Waals surface area contributed by atoms with Gasteiger partial charge in [0.15, 0.2) is 24.7 Å². The number of ether oxygens (including phenoxy) is 4. The third kappa shape index (κ3) is 5.37. The van der Waals surface area contributed by atoms with Gasteiger partial charge in [0.25, 0.3) is 5.91 Å². The summed E-state index contributed by atoms with van der Waals surface area (Å²) < 4.78 is 20.8. The van der Waals surface area contributed by atoms with Gasteiger partial charge < -0.3 is 24.3 Å². The van der Waals surface area contributed by atoms with Gasteiger partial charge in [0.05, 0.1) is 0 Å².